The molecule has 1 saturated heterocycles. The van der Waals surface area contributed by atoms with Gasteiger partial charge in [-0.25, -0.2) is 0 Å². The van der Waals surface area contributed by atoms with Crippen LogP contribution in [0.5, 0.6) is 0 Å². The zero-order valence-corrected chi connectivity index (χ0v) is 13.4. The van der Waals surface area contributed by atoms with Crippen molar-refractivity contribution >= 4 is 5.91 Å². The van der Waals surface area contributed by atoms with Crippen molar-refractivity contribution in [2.45, 2.75) is 58.7 Å². The first-order valence-corrected chi connectivity index (χ1v) is 7.52. The van der Waals surface area contributed by atoms with Gasteiger partial charge in [-0.15, -0.1) is 0 Å². The fraction of sp³-hybridized carbons (Fsp3) is 0.933. The van der Waals surface area contributed by atoms with Gasteiger partial charge in [-0.3, -0.25) is 9.69 Å². The summed E-state index contributed by atoms with van der Waals surface area (Å²) in [5.41, 5.74) is 0. The fourth-order valence-electron chi connectivity index (χ4n) is 2.72. The van der Waals surface area contributed by atoms with Crippen LogP contribution < -0.4 is 5.32 Å². The standard InChI is InChI=1S/C15H31N3O/c1-11(2)9-18(12(3)4)10-13-7-8-14(16-13)15(19)17(5)6/h11-14,16H,7-10H2,1-6H3. The van der Waals surface area contributed by atoms with Crippen LogP contribution in [0.3, 0.4) is 0 Å². The molecule has 1 aliphatic rings. The van der Waals surface area contributed by atoms with Gasteiger partial charge >= 0.3 is 0 Å². The minimum Gasteiger partial charge on any atom is -0.347 e. The lowest BCUT2D eigenvalue weighted by molar-refractivity contribution is -0.130. The van der Waals surface area contributed by atoms with Crippen LogP contribution in [0.2, 0.25) is 0 Å². The minimum absolute atomic E-state index is 0.0214. The molecule has 0 radical (unpaired) electrons. The summed E-state index contributed by atoms with van der Waals surface area (Å²) in [4.78, 5) is 16.1. The van der Waals surface area contributed by atoms with Crippen LogP contribution in [0, 0.1) is 5.92 Å². The maximum atomic E-state index is 11.9. The number of carbonyl (C=O) groups is 1. The normalized spacial score (nSPS) is 23.6. The van der Waals surface area contributed by atoms with E-state index in [1.807, 2.05) is 14.1 Å². The first-order chi connectivity index (χ1) is 8.81. The Morgan fingerprint density at radius 3 is 2.32 bits per heavy atom. The van der Waals surface area contributed by atoms with Crippen LogP contribution in [0.15, 0.2) is 0 Å². The summed E-state index contributed by atoms with van der Waals surface area (Å²) in [7, 11) is 3.66. The monoisotopic (exact) mass is 269 g/mol. The first-order valence-electron chi connectivity index (χ1n) is 7.52. The van der Waals surface area contributed by atoms with Gasteiger partial charge < -0.3 is 10.2 Å². The highest BCUT2D eigenvalue weighted by atomic mass is 16.2. The Labute approximate surface area is 118 Å². The van der Waals surface area contributed by atoms with E-state index in [9.17, 15) is 4.79 Å². The van der Waals surface area contributed by atoms with Crippen molar-refractivity contribution in [3.05, 3.63) is 0 Å². The molecule has 2 atom stereocenters. The molecule has 1 amide bonds. The van der Waals surface area contributed by atoms with Crippen LogP contribution in [-0.2, 0) is 4.79 Å². The number of hydrogen-bond donors (Lipinski definition) is 1. The molecule has 0 saturated carbocycles. The first kappa shape index (κ1) is 16.4. The number of amides is 1. The van der Waals surface area contributed by atoms with Gasteiger partial charge in [0.1, 0.15) is 0 Å². The second-order valence-corrected chi connectivity index (χ2v) is 6.67. The molecule has 4 nitrogen and oxygen atoms in total. The Balaban J connectivity index is 2.47. The number of likely N-dealkylation sites (N-methyl/N-ethyl adjacent to an activating group) is 1. The lowest BCUT2D eigenvalue weighted by atomic mass is 10.1. The third-order valence-electron chi connectivity index (χ3n) is 3.76. The smallest absolute Gasteiger partial charge is 0.239 e. The molecule has 0 aromatic heterocycles. The van der Waals surface area contributed by atoms with E-state index in [-0.39, 0.29) is 11.9 Å². The topological polar surface area (TPSA) is 35.6 Å². The molecule has 1 N–H and O–H groups in total. The lowest BCUT2D eigenvalue weighted by Crippen LogP contribution is -2.47. The van der Waals surface area contributed by atoms with Crippen LogP contribution in [-0.4, -0.2) is 61.0 Å². The molecule has 2 unspecified atom stereocenters. The van der Waals surface area contributed by atoms with E-state index < -0.39 is 0 Å². The predicted octanol–water partition coefficient (Wildman–Crippen LogP) is 1.56. The van der Waals surface area contributed by atoms with Crippen molar-refractivity contribution in [1.29, 1.82) is 0 Å². The van der Waals surface area contributed by atoms with Crippen LogP contribution in [0.25, 0.3) is 0 Å². The lowest BCUT2D eigenvalue weighted by Gasteiger charge is -2.31. The highest BCUT2D eigenvalue weighted by Crippen LogP contribution is 2.16. The van der Waals surface area contributed by atoms with Gasteiger partial charge in [-0.2, -0.15) is 0 Å². The SMILES string of the molecule is CC(C)CN(CC1CCC(C(=O)N(C)C)N1)C(C)C. The third-order valence-corrected chi connectivity index (χ3v) is 3.76. The van der Waals surface area contributed by atoms with E-state index in [1.54, 1.807) is 4.90 Å². The molecular formula is C15H31N3O. The number of nitrogens with zero attached hydrogens (tertiary/aromatic N) is 2. The Hall–Kier alpha value is -0.610. The zero-order valence-electron chi connectivity index (χ0n) is 13.4. The Bertz CT molecular complexity index is 289. The molecule has 0 aliphatic carbocycles. The molecule has 1 rings (SSSR count). The summed E-state index contributed by atoms with van der Waals surface area (Å²) in [6, 6.07) is 1.04. The molecule has 0 bridgehead atoms. The highest BCUT2D eigenvalue weighted by molar-refractivity contribution is 5.81. The second-order valence-electron chi connectivity index (χ2n) is 6.67. The number of rotatable bonds is 6. The summed E-state index contributed by atoms with van der Waals surface area (Å²) >= 11 is 0. The van der Waals surface area contributed by atoms with Crippen molar-refractivity contribution < 1.29 is 4.79 Å². The molecule has 112 valence electrons. The Morgan fingerprint density at radius 1 is 1.21 bits per heavy atom. The van der Waals surface area contributed by atoms with E-state index >= 15 is 0 Å². The second kappa shape index (κ2) is 7.25. The highest BCUT2D eigenvalue weighted by Gasteiger charge is 2.31. The van der Waals surface area contributed by atoms with Crippen molar-refractivity contribution in [3.63, 3.8) is 0 Å². The Morgan fingerprint density at radius 2 is 1.84 bits per heavy atom. The summed E-state index contributed by atoms with van der Waals surface area (Å²) in [5.74, 6) is 0.894. The average Bonchev–Trinajstić information content (AvgIpc) is 2.74. The van der Waals surface area contributed by atoms with Crippen LogP contribution in [0.4, 0.5) is 0 Å². The number of carbonyl (C=O) groups excluding carboxylic acids is 1. The molecule has 1 aliphatic heterocycles. The molecule has 1 fully saturated rings. The fourth-order valence-corrected chi connectivity index (χ4v) is 2.72. The van der Waals surface area contributed by atoms with Crippen molar-refractivity contribution in [1.82, 2.24) is 15.1 Å². The summed E-state index contributed by atoms with van der Waals surface area (Å²) in [6.45, 7) is 11.2. The summed E-state index contributed by atoms with van der Waals surface area (Å²) in [5, 5.41) is 3.50. The minimum atomic E-state index is 0.0214. The van der Waals surface area contributed by atoms with E-state index in [1.165, 1.54) is 0 Å². The van der Waals surface area contributed by atoms with Gasteiger partial charge in [0.15, 0.2) is 0 Å². The molecule has 19 heavy (non-hydrogen) atoms. The quantitative estimate of drug-likeness (QED) is 0.795. The van der Waals surface area contributed by atoms with E-state index in [2.05, 4.69) is 37.9 Å². The van der Waals surface area contributed by atoms with Gasteiger partial charge in [0.25, 0.3) is 0 Å². The number of nitrogens with one attached hydrogen (secondary N) is 1. The maximum absolute atomic E-state index is 11.9. The summed E-state index contributed by atoms with van der Waals surface area (Å²) in [6.07, 6.45) is 2.07. The van der Waals surface area contributed by atoms with Crippen LogP contribution >= 0.6 is 0 Å². The molecule has 0 aromatic rings. The average molecular weight is 269 g/mol. The van der Waals surface area contributed by atoms with Gasteiger partial charge in [0, 0.05) is 39.3 Å². The van der Waals surface area contributed by atoms with Crippen LogP contribution in [0.1, 0.15) is 40.5 Å². The molecule has 0 aromatic carbocycles. The predicted molar refractivity (Wildman–Crippen MR) is 80.2 cm³/mol. The zero-order chi connectivity index (χ0) is 14.6. The maximum Gasteiger partial charge on any atom is 0.239 e. The van der Waals surface area contributed by atoms with E-state index in [0.29, 0.717) is 18.0 Å². The molecule has 0 spiro atoms. The van der Waals surface area contributed by atoms with Gasteiger partial charge in [-0.1, -0.05) is 13.8 Å². The van der Waals surface area contributed by atoms with E-state index in [0.717, 1.165) is 25.9 Å². The molecule has 4 heteroatoms. The molecule has 1 heterocycles. The molecular weight excluding hydrogens is 238 g/mol. The van der Waals surface area contributed by atoms with Crippen molar-refractivity contribution in [2.24, 2.45) is 5.92 Å². The van der Waals surface area contributed by atoms with Gasteiger partial charge in [0.2, 0.25) is 5.91 Å². The van der Waals surface area contributed by atoms with Crippen molar-refractivity contribution in [3.8, 4) is 0 Å². The van der Waals surface area contributed by atoms with Gasteiger partial charge in [-0.05, 0) is 32.6 Å². The van der Waals surface area contributed by atoms with Gasteiger partial charge in [0.05, 0.1) is 6.04 Å². The third kappa shape index (κ3) is 5.11. The number of hydrogen-bond acceptors (Lipinski definition) is 3. The summed E-state index contributed by atoms with van der Waals surface area (Å²) < 4.78 is 0. The Kier molecular flexibility index (Phi) is 6.27. The van der Waals surface area contributed by atoms with E-state index in [4.69, 9.17) is 0 Å². The largest absolute Gasteiger partial charge is 0.347 e. The van der Waals surface area contributed by atoms with Crippen molar-refractivity contribution in [2.75, 3.05) is 27.2 Å².